The Morgan fingerprint density at radius 3 is 2.52 bits per heavy atom. The standard InChI is InChI=1S/C21H19ClFN3O3S2/c1-29-19-5-3-2-4-18(19)26-31(27,28)20-12-16(10-11-17(20)22)25-21(30)24-13-14-6-8-15(23)9-7-14/h2-12,26H,13H2,1H3,(H2,24,25,30). The lowest BCUT2D eigenvalue weighted by molar-refractivity contribution is 0.417. The van der Waals surface area contributed by atoms with E-state index in [1.165, 1.54) is 31.4 Å². The van der Waals surface area contributed by atoms with E-state index in [4.69, 9.17) is 28.6 Å². The number of hydrogen-bond acceptors (Lipinski definition) is 4. The minimum absolute atomic E-state index is 0.0538. The van der Waals surface area contributed by atoms with E-state index in [0.29, 0.717) is 18.0 Å². The summed E-state index contributed by atoms with van der Waals surface area (Å²) in [6.45, 7) is 0.375. The smallest absolute Gasteiger partial charge is 0.263 e. The molecule has 0 radical (unpaired) electrons. The summed E-state index contributed by atoms with van der Waals surface area (Å²) in [7, 11) is -2.55. The van der Waals surface area contributed by atoms with E-state index in [-0.39, 0.29) is 26.5 Å². The van der Waals surface area contributed by atoms with Crippen molar-refractivity contribution >= 4 is 50.3 Å². The second-order valence-corrected chi connectivity index (χ2v) is 8.85. The lowest BCUT2D eigenvalue weighted by atomic mass is 10.2. The summed E-state index contributed by atoms with van der Waals surface area (Å²) in [6, 6.07) is 17.1. The van der Waals surface area contributed by atoms with Gasteiger partial charge in [0.05, 0.1) is 17.8 Å². The average molecular weight is 480 g/mol. The molecule has 0 atom stereocenters. The fraction of sp³-hybridized carbons (Fsp3) is 0.0952. The normalized spacial score (nSPS) is 10.9. The lowest BCUT2D eigenvalue weighted by Crippen LogP contribution is -2.28. The minimum atomic E-state index is -4.00. The summed E-state index contributed by atoms with van der Waals surface area (Å²) < 4.78 is 46.5. The molecule has 0 heterocycles. The van der Waals surface area contributed by atoms with E-state index in [0.717, 1.165) is 5.56 Å². The van der Waals surface area contributed by atoms with Crippen LogP contribution in [0.5, 0.6) is 5.75 Å². The van der Waals surface area contributed by atoms with Crippen LogP contribution >= 0.6 is 23.8 Å². The fourth-order valence-electron chi connectivity index (χ4n) is 2.68. The van der Waals surface area contributed by atoms with Crippen molar-refractivity contribution in [1.82, 2.24) is 5.32 Å². The van der Waals surface area contributed by atoms with Gasteiger partial charge in [0, 0.05) is 12.2 Å². The largest absolute Gasteiger partial charge is 0.495 e. The van der Waals surface area contributed by atoms with Gasteiger partial charge in [-0.05, 0) is 60.2 Å². The summed E-state index contributed by atoms with van der Waals surface area (Å²) in [6.07, 6.45) is 0. The molecule has 31 heavy (non-hydrogen) atoms. The first kappa shape index (κ1) is 22.8. The Labute approximate surface area is 190 Å². The van der Waals surface area contributed by atoms with Crippen molar-refractivity contribution in [2.75, 3.05) is 17.1 Å². The van der Waals surface area contributed by atoms with Gasteiger partial charge in [-0.3, -0.25) is 4.72 Å². The quantitative estimate of drug-likeness (QED) is 0.423. The molecule has 0 unspecified atom stereocenters. The van der Waals surface area contributed by atoms with Gasteiger partial charge in [0.1, 0.15) is 16.5 Å². The molecule has 0 aliphatic carbocycles. The van der Waals surface area contributed by atoms with Gasteiger partial charge >= 0.3 is 0 Å². The van der Waals surface area contributed by atoms with Gasteiger partial charge in [0.15, 0.2) is 5.11 Å². The second-order valence-electron chi connectivity index (χ2n) is 6.39. The second kappa shape index (κ2) is 9.95. The molecule has 0 fully saturated rings. The van der Waals surface area contributed by atoms with Gasteiger partial charge in [-0.1, -0.05) is 35.9 Å². The third-order valence-electron chi connectivity index (χ3n) is 4.20. The first-order valence-corrected chi connectivity index (χ1v) is 11.3. The summed E-state index contributed by atoms with van der Waals surface area (Å²) in [5.74, 6) is 0.0590. The molecule has 0 saturated heterocycles. The highest BCUT2D eigenvalue weighted by Gasteiger charge is 2.20. The first-order valence-electron chi connectivity index (χ1n) is 9.03. The van der Waals surface area contributed by atoms with Gasteiger partial charge in [0.2, 0.25) is 0 Å². The number of para-hydroxylation sites is 2. The predicted octanol–water partition coefficient (Wildman–Crippen LogP) is 4.78. The van der Waals surface area contributed by atoms with Crippen molar-refractivity contribution < 1.29 is 17.5 Å². The highest BCUT2D eigenvalue weighted by atomic mass is 35.5. The zero-order valence-electron chi connectivity index (χ0n) is 16.4. The summed E-state index contributed by atoms with van der Waals surface area (Å²) >= 11 is 11.4. The number of methoxy groups -OCH3 is 1. The van der Waals surface area contributed by atoms with E-state index in [1.807, 2.05) is 0 Å². The number of anilines is 2. The number of hydrogen-bond donors (Lipinski definition) is 3. The number of rotatable bonds is 7. The van der Waals surface area contributed by atoms with Crippen LogP contribution in [0.15, 0.2) is 71.6 Å². The highest BCUT2D eigenvalue weighted by Crippen LogP contribution is 2.30. The van der Waals surface area contributed by atoms with Crippen LogP contribution < -0.4 is 20.1 Å². The number of nitrogens with one attached hydrogen (secondary N) is 3. The van der Waals surface area contributed by atoms with E-state index in [1.54, 1.807) is 42.5 Å². The molecule has 3 aromatic rings. The Kier molecular flexibility index (Phi) is 7.32. The molecule has 0 aromatic heterocycles. The zero-order valence-corrected chi connectivity index (χ0v) is 18.7. The van der Waals surface area contributed by atoms with Gasteiger partial charge in [0.25, 0.3) is 10.0 Å². The molecule has 3 rings (SSSR count). The molecule has 6 nitrogen and oxygen atoms in total. The van der Waals surface area contributed by atoms with E-state index in [2.05, 4.69) is 15.4 Å². The molecule has 3 N–H and O–H groups in total. The van der Waals surface area contributed by atoms with Crippen molar-refractivity contribution in [3.63, 3.8) is 0 Å². The van der Waals surface area contributed by atoms with Crippen LogP contribution in [0.2, 0.25) is 5.02 Å². The molecular weight excluding hydrogens is 461 g/mol. The molecule has 3 aromatic carbocycles. The van der Waals surface area contributed by atoms with Crippen molar-refractivity contribution in [2.24, 2.45) is 0 Å². The van der Waals surface area contributed by atoms with E-state index < -0.39 is 10.0 Å². The van der Waals surface area contributed by atoms with Crippen LogP contribution in [0.4, 0.5) is 15.8 Å². The van der Waals surface area contributed by atoms with Crippen LogP contribution in [0.25, 0.3) is 0 Å². The third-order valence-corrected chi connectivity index (χ3v) is 6.29. The highest BCUT2D eigenvalue weighted by molar-refractivity contribution is 7.92. The molecule has 0 spiro atoms. The summed E-state index contributed by atoms with van der Waals surface area (Å²) in [5, 5.41) is 6.22. The van der Waals surface area contributed by atoms with E-state index >= 15 is 0 Å². The molecule has 162 valence electrons. The predicted molar refractivity (Wildman–Crippen MR) is 125 cm³/mol. The molecule has 0 saturated carbocycles. The van der Waals surface area contributed by atoms with Crippen molar-refractivity contribution in [2.45, 2.75) is 11.4 Å². The Morgan fingerprint density at radius 2 is 1.81 bits per heavy atom. The van der Waals surface area contributed by atoms with Crippen molar-refractivity contribution in [3.05, 3.63) is 83.1 Å². The van der Waals surface area contributed by atoms with Crippen LogP contribution in [0, 0.1) is 5.82 Å². The van der Waals surface area contributed by atoms with Gasteiger partial charge in [-0.25, -0.2) is 12.8 Å². The van der Waals surface area contributed by atoms with Crippen LogP contribution in [-0.4, -0.2) is 20.6 Å². The number of benzene rings is 3. The number of halogens is 2. The monoisotopic (exact) mass is 479 g/mol. The van der Waals surface area contributed by atoms with Crippen LogP contribution in [-0.2, 0) is 16.6 Å². The molecule has 10 heteroatoms. The van der Waals surface area contributed by atoms with Gasteiger partial charge < -0.3 is 15.4 Å². The molecule has 0 bridgehead atoms. The first-order chi connectivity index (χ1) is 14.8. The number of sulfonamides is 1. The van der Waals surface area contributed by atoms with E-state index in [9.17, 15) is 12.8 Å². The maximum Gasteiger partial charge on any atom is 0.263 e. The van der Waals surface area contributed by atoms with Crippen molar-refractivity contribution in [1.29, 1.82) is 0 Å². The third kappa shape index (κ3) is 6.06. The topological polar surface area (TPSA) is 79.5 Å². The molecule has 0 aliphatic heterocycles. The van der Waals surface area contributed by atoms with Gasteiger partial charge in [-0.2, -0.15) is 0 Å². The summed E-state index contributed by atoms with van der Waals surface area (Å²) in [4.78, 5) is -0.119. The SMILES string of the molecule is COc1ccccc1NS(=O)(=O)c1cc(NC(=S)NCc2ccc(F)cc2)ccc1Cl. The van der Waals surface area contributed by atoms with Gasteiger partial charge in [-0.15, -0.1) is 0 Å². The Hall–Kier alpha value is -2.88. The zero-order chi connectivity index (χ0) is 22.4. The fourth-order valence-corrected chi connectivity index (χ4v) is 4.46. The Balaban J connectivity index is 1.73. The molecule has 0 amide bonds. The minimum Gasteiger partial charge on any atom is -0.495 e. The number of ether oxygens (including phenoxy) is 1. The molecule has 0 aliphatic rings. The Bertz CT molecular complexity index is 1190. The average Bonchev–Trinajstić information content (AvgIpc) is 2.74. The maximum atomic E-state index is 13.0. The van der Waals surface area contributed by atoms with Crippen molar-refractivity contribution in [3.8, 4) is 5.75 Å². The summed E-state index contributed by atoms with van der Waals surface area (Å²) in [5.41, 5.74) is 1.56. The van der Waals surface area contributed by atoms with Crippen LogP contribution in [0.3, 0.4) is 0 Å². The molecular formula is C21H19ClFN3O3S2. The van der Waals surface area contributed by atoms with Crippen LogP contribution in [0.1, 0.15) is 5.56 Å². The maximum absolute atomic E-state index is 13.0. The lowest BCUT2D eigenvalue weighted by Gasteiger charge is -2.15. The number of thiocarbonyl (C=S) groups is 1. The Morgan fingerprint density at radius 1 is 1.10 bits per heavy atom.